The molecule has 0 saturated carbocycles. The fourth-order valence-electron chi connectivity index (χ4n) is 2.76. The van der Waals surface area contributed by atoms with Crippen molar-refractivity contribution in [2.24, 2.45) is 5.92 Å². The van der Waals surface area contributed by atoms with Crippen LogP contribution in [-0.4, -0.2) is 42.7 Å². The largest absolute Gasteiger partial charge is 0.383 e. The number of rotatable bonds is 5. The first-order valence-electron chi connectivity index (χ1n) is 7.29. The lowest BCUT2D eigenvalue weighted by Crippen LogP contribution is -2.37. The van der Waals surface area contributed by atoms with Crippen LogP contribution in [0.1, 0.15) is 31.7 Å². The van der Waals surface area contributed by atoms with Gasteiger partial charge < -0.3 is 10.5 Å². The molecule has 112 valence electrons. The number of pyridine rings is 1. The van der Waals surface area contributed by atoms with E-state index >= 15 is 0 Å². The van der Waals surface area contributed by atoms with Gasteiger partial charge in [0.15, 0.2) is 0 Å². The van der Waals surface area contributed by atoms with Crippen LogP contribution in [0.4, 0.5) is 5.82 Å². The van der Waals surface area contributed by atoms with Gasteiger partial charge in [0, 0.05) is 19.3 Å². The molecule has 0 bridgehead atoms. The van der Waals surface area contributed by atoms with Crippen LogP contribution in [0.3, 0.4) is 0 Å². The minimum absolute atomic E-state index is 0.393. The van der Waals surface area contributed by atoms with Gasteiger partial charge in [0.25, 0.3) is 0 Å². The first-order valence-corrected chi connectivity index (χ1v) is 7.66. The molecule has 0 spiro atoms. The minimum atomic E-state index is 0.393. The molecule has 1 atom stereocenters. The summed E-state index contributed by atoms with van der Waals surface area (Å²) in [5, 5.41) is 0.659. The summed E-state index contributed by atoms with van der Waals surface area (Å²) in [6.07, 6.45) is 2.68. The van der Waals surface area contributed by atoms with E-state index in [1.807, 2.05) is 6.07 Å². The van der Waals surface area contributed by atoms with Crippen LogP contribution in [-0.2, 0) is 4.74 Å². The van der Waals surface area contributed by atoms with Gasteiger partial charge in [-0.25, -0.2) is 4.98 Å². The summed E-state index contributed by atoms with van der Waals surface area (Å²) in [6.45, 7) is 9.25. The predicted octanol–water partition coefficient (Wildman–Crippen LogP) is 2.78. The highest BCUT2D eigenvalue weighted by Crippen LogP contribution is 2.32. The fraction of sp³-hybridized carbons (Fsp3) is 0.667. The van der Waals surface area contributed by atoms with Crippen molar-refractivity contribution in [1.29, 1.82) is 0 Å². The van der Waals surface area contributed by atoms with E-state index in [9.17, 15) is 0 Å². The Morgan fingerprint density at radius 3 is 2.75 bits per heavy atom. The maximum Gasteiger partial charge on any atom is 0.126 e. The summed E-state index contributed by atoms with van der Waals surface area (Å²) in [4.78, 5) is 6.64. The molecule has 0 unspecified atom stereocenters. The molecule has 2 heterocycles. The van der Waals surface area contributed by atoms with Gasteiger partial charge >= 0.3 is 0 Å². The van der Waals surface area contributed by atoms with Gasteiger partial charge in [-0.1, -0.05) is 25.4 Å². The zero-order chi connectivity index (χ0) is 14.5. The Balaban J connectivity index is 2.04. The van der Waals surface area contributed by atoms with E-state index in [4.69, 9.17) is 22.1 Å². The Morgan fingerprint density at radius 2 is 2.10 bits per heavy atom. The molecule has 1 saturated heterocycles. The molecule has 5 heteroatoms. The van der Waals surface area contributed by atoms with Crippen molar-refractivity contribution in [3.63, 3.8) is 0 Å². The van der Waals surface area contributed by atoms with Crippen LogP contribution in [0.2, 0.25) is 5.02 Å². The summed E-state index contributed by atoms with van der Waals surface area (Å²) in [5.41, 5.74) is 7.12. The van der Waals surface area contributed by atoms with Crippen molar-refractivity contribution in [2.75, 3.05) is 38.6 Å². The highest BCUT2D eigenvalue weighted by Gasteiger charge is 2.21. The lowest BCUT2D eigenvalue weighted by molar-refractivity contribution is 0.0360. The van der Waals surface area contributed by atoms with E-state index in [0.29, 0.717) is 22.7 Å². The molecule has 1 aliphatic rings. The molecular weight excluding hydrogens is 274 g/mol. The van der Waals surface area contributed by atoms with Gasteiger partial charge in [0.05, 0.1) is 18.2 Å². The first-order chi connectivity index (χ1) is 9.58. The molecule has 1 fully saturated rings. The molecule has 1 aromatic heterocycles. The molecule has 0 aromatic carbocycles. The average molecular weight is 298 g/mol. The average Bonchev–Trinajstić information content (AvgIpc) is 2.43. The summed E-state index contributed by atoms with van der Waals surface area (Å²) >= 11 is 6.07. The zero-order valence-electron chi connectivity index (χ0n) is 12.3. The molecule has 2 N–H and O–H groups in total. The number of halogens is 1. The number of nitrogens with zero attached hydrogens (tertiary/aromatic N) is 2. The van der Waals surface area contributed by atoms with Crippen molar-refractivity contribution < 1.29 is 4.74 Å². The summed E-state index contributed by atoms with van der Waals surface area (Å²) in [7, 11) is 0. The maximum atomic E-state index is 6.07. The van der Waals surface area contributed by atoms with E-state index < -0.39 is 0 Å². The third kappa shape index (κ3) is 4.08. The van der Waals surface area contributed by atoms with Crippen molar-refractivity contribution in [3.05, 3.63) is 22.8 Å². The standard InChI is InChI=1S/C15H24ClN3O/c1-11(2)13(3-4-19-5-7-20-8-6-19)14-9-12(16)10-18-15(14)17/h9-11,13H,3-8H2,1-2H3,(H2,17,18)/t13-/m0/s1. The van der Waals surface area contributed by atoms with E-state index in [2.05, 4.69) is 23.7 Å². The second-order valence-electron chi connectivity index (χ2n) is 5.72. The van der Waals surface area contributed by atoms with Gasteiger partial charge in [-0.3, -0.25) is 4.90 Å². The Kier molecular flexibility index (Phi) is 5.64. The number of hydrogen-bond donors (Lipinski definition) is 1. The van der Waals surface area contributed by atoms with Crippen LogP contribution >= 0.6 is 11.6 Å². The lowest BCUT2D eigenvalue weighted by Gasteiger charge is -2.30. The normalized spacial score (nSPS) is 18.4. The molecule has 1 aliphatic heterocycles. The smallest absolute Gasteiger partial charge is 0.126 e. The topological polar surface area (TPSA) is 51.4 Å². The Morgan fingerprint density at radius 1 is 1.40 bits per heavy atom. The molecule has 0 radical (unpaired) electrons. The predicted molar refractivity (Wildman–Crippen MR) is 83.1 cm³/mol. The van der Waals surface area contributed by atoms with Gasteiger partial charge in [0.1, 0.15) is 5.82 Å². The zero-order valence-corrected chi connectivity index (χ0v) is 13.1. The number of aromatic nitrogens is 1. The highest BCUT2D eigenvalue weighted by molar-refractivity contribution is 6.30. The lowest BCUT2D eigenvalue weighted by atomic mass is 9.86. The second kappa shape index (κ2) is 7.25. The maximum absolute atomic E-state index is 6.07. The Labute approximate surface area is 126 Å². The fourth-order valence-corrected chi connectivity index (χ4v) is 2.92. The third-order valence-electron chi connectivity index (χ3n) is 3.98. The summed E-state index contributed by atoms with van der Waals surface area (Å²) < 4.78 is 5.38. The second-order valence-corrected chi connectivity index (χ2v) is 6.16. The van der Waals surface area contributed by atoms with E-state index in [1.165, 1.54) is 0 Å². The number of nitrogen functional groups attached to an aromatic ring is 1. The van der Waals surface area contributed by atoms with Crippen molar-refractivity contribution in [3.8, 4) is 0 Å². The molecule has 2 rings (SSSR count). The van der Waals surface area contributed by atoms with Crippen LogP contribution in [0.25, 0.3) is 0 Å². The monoisotopic (exact) mass is 297 g/mol. The molecule has 0 amide bonds. The van der Waals surface area contributed by atoms with Gasteiger partial charge in [-0.05, 0) is 36.4 Å². The molecule has 20 heavy (non-hydrogen) atoms. The minimum Gasteiger partial charge on any atom is -0.383 e. The summed E-state index contributed by atoms with van der Waals surface area (Å²) in [6, 6.07) is 1.97. The number of ether oxygens (including phenoxy) is 1. The Bertz CT molecular complexity index is 433. The number of nitrogens with two attached hydrogens (primary N) is 1. The molecule has 4 nitrogen and oxygen atoms in total. The van der Waals surface area contributed by atoms with Crippen LogP contribution < -0.4 is 5.73 Å². The number of morpholine rings is 1. The summed E-state index contributed by atoms with van der Waals surface area (Å²) in [5.74, 6) is 1.51. The number of hydrogen-bond acceptors (Lipinski definition) is 4. The highest BCUT2D eigenvalue weighted by atomic mass is 35.5. The molecule has 0 aliphatic carbocycles. The van der Waals surface area contributed by atoms with Gasteiger partial charge in [0.2, 0.25) is 0 Å². The first kappa shape index (κ1) is 15.5. The van der Waals surface area contributed by atoms with Crippen LogP contribution in [0, 0.1) is 5.92 Å². The van der Waals surface area contributed by atoms with E-state index in [-0.39, 0.29) is 0 Å². The van der Waals surface area contributed by atoms with Crippen LogP contribution in [0.5, 0.6) is 0 Å². The van der Waals surface area contributed by atoms with Crippen molar-refractivity contribution in [2.45, 2.75) is 26.2 Å². The third-order valence-corrected chi connectivity index (χ3v) is 4.19. The van der Waals surface area contributed by atoms with Crippen LogP contribution in [0.15, 0.2) is 12.3 Å². The van der Waals surface area contributed by atoms with E-state index in [1.54, 1.807) is 6.20 Å². The molecule has 1 aromatic rings. The van der Waals surface area contributed by atoms with Crippen molar-refractivity contribution in [1.82, 2.24) is 9.88 Å². The van der Waals surface area contributed by atoms with E-state index in [0.717, 1.165) is 44.8 Å². The van der Waals surface area contributed by atoms with Gasteiger partial charge in [-0.15, -0.1) is 0 Å². The quantitative estimate of drug-likeness (QED) is 0.908. The SMILES string of the molecule is CC(C)[C@H](CCN1CCOCC1)c1cc(Cl)cnc1N. The molecular formula is C15H24ClN3O. The van der Waals surface area contributed by atoms with Gasteiger partial charge in [-0.2, -0.15) is 0 Å². The van der Waals surface area contributed by atoms with Crippen molar-refractivity contribution >= 4 is 17.4 Å². The Hall–Kier alpha value is -0.840. The number of anilines is 1.